The molecular weight excluding hydrogens is 350 g/mol. The van der Waals surface area contributed by atoms with E-state index in [0.717, 1.165) is 27.7 Å². The molecule has 17 heavy (non-hydrogen) atoms. The number of halogens is 2. The van der Waals surface area contributed by atoms with Crippen LogP contribution in [-0.4, -0.2) is 36.5 Å². The van der Waals surface area contributed by atoms with Crippen LogP contribution in [0.2, 0.25) is 0 Å². The van der Waals surface area contributed by atoms with Crippen LogP contribution in [0.1, 0.15) is 0 Å². The van der Waals surface area contributed by atoms with E-state index in [2.05, 4.69) is 37.2 Å². The fourth-order valence-corrected chi connectivity index (χ4v) is 2.87. The second-order valence-corrected chi connectivity index (χ2v) is 5.90. The van der Waals surface area contributed by atoms with Crippen LogP contribution in [0.3, 0.4) is 0 Å². The molecule has 1 aromatic rings. The van der Waals surface area contributed by atoms with Gasteiger partial charge in [-0.2, -0.15) is 0 Å². The van der Waals surface area contributed by atoms with E-state index < -0.39 is 0 Å². The van der Waals surface area contributed by atoms with Crippen molar-refractivity contribution in [2.24, 2.45) is 5.73 Å². The molecule has 1 aliphatic rings. The summed E-state index contributed by atoms with van der Waals surface area (Å²) in [7, 11) is 0. The van der Waals surface area contributed by atoms with Crippen LogP contribution >= 0.6 is 31.9 Å². The molecule has 0 unspecified atom stereocenters. The lowest BCUT2D eigenvalue weighted by atomic mass is 10.1. The molecule has 0 aliphatic carbocycles. The number of nitrogens with two attached hydrogens (primary N) is 1. The molecule has 3 N–H and O–H groups in total. The van der Waals surface area contributed by atoms with Gasteiger partial charge in [0.15, 0.2) is 0 Å². The molecule has 6 heteroatoms. The number of nitrogens with zero attached hydrogens (tertiary/aromatic N) is 1. The second kappa shape index (κ2) is 5.48. The van der Waals surface area contributed by atoms with Crippen LogP contribution in [0.15, 0.2) is 27.1 Å². The Morgan fingerprint density at radius 2 is 2.18 bits per heavy atom. The number of likely N-dealkylation sites (tertiary alicyclic amines) is 1. The number of rotatable bonds is 3. The zero-order valence-electron chi connectivity index (χ0n) is 9.12. The monoisotopic (exact) mass is 361 g/mol. The van der Waals surface area contributed by atoms with E-state index in [1.54, 1.807) is 0 Å². The molecule has 0 bridgehead atoms. The van der Waals surface area contributed by atoms with E-state index in [9.17, 15) is 4.79 Å². The summed E-state index contributed by atoms with van der Waals surface area (Å²) in [5.41, 5.74) is 6.43. The zero-order chi connectivity index (χ0) is 12.4. The molecule has 0 spiro atoms. The van der Waals surface area contributed by atoms with E-state index in [1.165, 1.54) is 0 Å². The van der Waals surface area contributed by atoms with Gasteiger partial charge in [0.1, 0.15) is 0 Å². The molecule has 1 aliphatic heterocycles. The van der Waals surface area contributed by atoms with Gasteiger partial charge >= 0.3 is 0 Å². The number of hydrogen-bond donors (Lipinski definition) is 2. The van der Waals surface area contributed by atoms with E-state index >= 15 is 0 Å². The van der Waals surface area contributed by atoms with Crippen molar-refractivity contribution in [3.63, 3.8) is 0 Å². The summed E-state index contributed by atoms with van der Waals surface area (Å²) in [5, 5.41) is 2.86. The van der Waals surface area contributed by atoms with Gasteiger partial charge in [0.25, 0.3) is 0 Å². The van der Waals surface area contributed by atoms with Crippen LogP contribution < -0.4 is 11.1 Å². The number of anilines is 1. The number of nitrogens with one attached hydrogen (secondary N) is 1. The lowest BCUT2D eigenvalue weighted by Crippen LogP contribution is -2.57. The minimum Gasteiger partial charge on any atom is -0.325 e. The summed E-state index contributed by atoms with van der Waals surface area (Å²) in [6.45, 7) is 2.00. The van der Waals surface area contributed by atoms with Crippen molar-refractivity contribution < 1.29 is 4.79 Å². The Morgan fingerprint density at radius 3 is 2.76 bits per heavy atom. The lowest BCUT2D eigenvalue weighted by Gasteiger charge is -2.36. The summed E-state index contributed by atoms with van der Waals surface area (Å²) < 4.78 is 1.83. The first kappa shape index (κ1) is 13.0. The molecule has 1 aromatic carbocycles. The predicted molar refractivity (Wildman–Crippen MR) is 74.9 cm³/mol. The molecule has 1 amide bonds. The first-order chi connectivity index (χ1) is 8.04. The second-order valence-electron chi connectivity index (χ2n) is 4.13. The maximum Gasteiger partial charge on any atom is 0.238 e. The number of amides is 1. The van der Waals surface area contributed by atoms with Crippen LogP contribution in [0.5, 0.6) is 0 Å². The summed E-state index contributed by atoms with van der Waals surface area (Å²) >= 11 is 6.77. The SMILES string of the molecule is NC1CN(CC(=O)Nc2ccc(Br)cc2Br)C1. The number of hydrogen-bond acceptors (Lipinski definition) is 3. The molecule has 1 fully saturated rings. The standard InChI is InChI=1S/C11H13Br2N3O/c12-7-1-2-10(9(13)3-7)15-11(17)6-16-4-8(14)5-16/h1-3,8H,4-6,14H2,(H,15,17). The van der Waals surface area contributed by atoms with Gasteiger partial charge in [0.2, 0.25) is 5.91 Å². The average molecular weight is 363 g/mol. The molecule has 0 atom stereocenters. The third-order valence-corrected chi connectivity index (χ3v) is 3.71. The topological polar surface area (TPSA) is 58.4 Å². The molecule has 1 saturated heterocycles. The minimum absolute atomic E-state index is 0.0140. The first-order valence-electron chi connectivity index (χ1n) is 5.27. The van der Waals surface area contributed by atoms with Crippen molar-refractivity contribution in [1.29, 1.82) is 0 Å². The highest BCUT2D eigenvalue weighted by molar-refractivity contribution is 9.11. The lowest BCUT2D eigenvalue weighted by molar-refractivity contribution is -0.118. The van der Waals surface area contributed by atoms with Crippen LogP contribution in [0.25, 0.3) is 0 Å². The van der Waals surface area contributed by atoms with Crippen LogP contribution in [-0.2, 0) is 4.79 Å². The molecule has 1 heterocycles. The van der Waals surface area contributed by atoms with Crippen LogP contribution in [0, 0.1) is 0 Å². The van der Waals surface area contributed by atoms with Gasteiger partial charge in [-0.05, 0) is 34.1 Å². The highest BCUT2D eigenvalue weighted by atomic mass is 79.9. The Bertz CT molecular complexity index is 433. The maximum atomic E-state index is 11.7. The third-order valence-electron chi connectivity index (χ3n) is 2.56. The van der Waals surface area contributed by atoms with Crippen molar-refractivity contribution >= 4 is 43.5 Å². The Labute approximate surface area is 117 Å². The summed E-state index contributed by atoms with van der Waals surface area (Å²) in [5.74, 6) is -0.0140. The van der Waals surface area contributed by atoms with Crippen molar-refractivity contribution in [3.05, 3.63) is 27.1 Å². The Kier molecular flexibility index (Phi) is 4.19. The molecule has 2 rings (SSSR count). The van der Waals surface area contributed by atoms with E-state index in [4.69, 9.17) is 5.73 Å². The fraction of sp³-hybridized carbons (Fsp3) is 0.364. The van der Waals surface area contributed by atoms with Crippen molar-refractivity contribution in [3.8, 4) is 0 Å². The highest BCUT2D eigenvalue weighted by Gasteiger charge is 2.24. The smallest absolute Gasteiger partial charge is 0.238 e. The zero-order valence-corrected chi connectivity index (χ0v) is 12.3. The summed E-state index contributed by atoms with van der Waals surface area (Å²) in [4.78, 5) is 13.8. The van der Waals surface area contributed by atoms with Gasteiger partial charge in [0.05, 0.1) is 12.2 Å². The van der Waals surface area contributed by atoms with Crippen molar-refractivity contribution in [1.82, 2.24) is 4.90 Å². The normalized spacial score (nSPS) is 16.6. The molecule has 0 aromatic heterocycles. The largest absolute Gasteiger partial charge is 0.325 e. The Hall–Kier alpha value is -0.430. The molecule has 0 saturated carbocycles. The quantitative estimate of drug-likeness (QED) is 0.861. The van der Waals surface area contributed by atoms with Gasteiger partial charge < -0.3 is 11.1 Å². The van der Waals surface area contributed by atoms with Crippen molar-refractivity contribution in [2.75, 3.05) is 25.0 Å². The van der Waals surface area contributed by atoms with Crippen molar-refractivity contribution in [2.45, 2.75) is 6.04 Å². The Morgan fingerprint density at radius 1 is 1.47 bits per heavy atom. The predicted octanol–water partition coefficient (Wildman–Crippen LogP) is 1.79. The maximum absolute atomic E-state index is 11.7. The fourth-order valence-electron chi connectivity index (χ4n) is 1.72. The van der Waals surface area contributed by atoms with Gasteiger partial charge in [-0.25, -0.2) is 0 Å². The van der Waals surface area contributed by atoms with Gasteiger partial charge in [-0.3, -0.25) is 9.69 Å². The van der Waals surface area contributed by atoms with E-state index in [-0.39, 0.29) is 11.9 Å². The first-order valence-corrected chi connectivity index (χ1v) is 6.86. The molecule has 4 nitrogen and oxygen atoms in total. The Balaban J connectivity index is 1.89. The average Bonchev–Trinajstić information content (AvgIpc) is 2.20. The van der Waals surface area contributed by atoms with Gasteiger partial charge in [-0.15, -0.1) is 0 Å². The minimum atomic E-state index is -0.0140. The number of benzene rings is 1. The van der Waals surface area contributed by atoms with Gasteiger partial charge in [-0.1, -0.05) is 15.9 Å². The van der Waals surface area contributed by atoms with E-state index in [0.29, 0.717) is 6.54 Å². The third kappa shape index (κ3) is 3.51. The summed E-state index contributed by atoms with van der Waals surface area (Å²) in [6.07, 6.45) is 0. The molecular formula is C11H13Br2N3O. The van der Waals surface area contributed by atoms with Gasteiger partial charge in [0, 0.05) is 28.1 Å². The summed E-state index contributed by atoms with van der Waals surface area (Å²) in [6, 6.07) is 5.87. The molecule has 0 radical (unpaired) electrons. The van der Waals surface area contributed by atoms with E-state index in [1.807, 2.05) is 23.1 Å². The number of carbonyl (C=O) groups is 1. The highest BCUT2D eigenvalue weighted by Crippen LogP contribution is 2.26. The van der Waals surface area contributed by atoms with Crippen LogP contribution in [0.4, 0.5) is 5.69 Å². The number of carbonyl (C=O) groups excluding carboxylic acids is 1. The molecule has 92 valence electrons.